The highest BCUT2D eigenvalue weighted by atomic mass is 19.4. The maximum atomic E-state index is 12.7. The van der Waals surface area contributed by atoms with Crippen molar-refractivity contribution in [2.45, 2.75) is 25.9 Å². The van der Waals surface area contributed by atoms with Crippen molar-refractivity contribution in [3.05, 3.63) is 33.9 Å². The van der Waals surface area contributed by atoms with E-state index in [-0.39, 0.29) is 11.6 Å². The number of piperidine rings is 1. The number of carbonyl (C=O) groups is 2. The lowest BCUT2D eigenvalue weighted by Crippen LogP contribution is -2.43. The van der Waals surface area contributed by atoms with Crippen LogP contribution in [-0.4, -0.2) is 34.7 Å². The summed E-state index contributed by atoms with van der Waals surface area (Å²) in [5.41, 5.74) is 2.40. The number of amides is 2. The minimum atomic E-state index is -4.71. The minimum Gasteiger partial charge on any atom is -0.343 e. The molecule has 1 saturated heterocycles. The van der Waals surface area contributed by atoms with E-state index < -0.39 is 34.2 Å². The van der Waals surface area contributed by atoms with Gasteiger partial charge in [0.1, 0.15) is 5.69 Å². The van der Waals surface area contributed by atoms with Gasteiger partial charge in [-0.3, -0.25) is 30.6 Å². The molecule has 8 nitrogen and oxygen atoms in total. The van der Waals surface area contributed by atoms with E-state index in [2.05, 4.69) is 10.9 Å². The second-order valence-electron chi connectivity index (χ2n) is 5.88. The predicted octanol–water partition coefficient (Wildman–Crippen LogP) is 2.32. The van der Waals surface area contributed by atoms with Gasteiger partial charge in [0.05, 0.1) is 10.5 Å². The number of benzene rings is 1. The highest BCUT2D eigenvalue weighted by molar-refractivity contribution is 5.81. The van der Waals surface area contributed by atoms with Crippen LogP contribution >= 0.6 is 0 Å². The Labute approximate surface area is 146 Å². The molecule has 1 aromatic carbocycles. The van der Waals surface area contributed by atoms with Crippen LogP contribution in [0.4, 0.5) is 24.5 Å². The number of hydrogen-bond donors (Lipinski definition) is 2. The third kappa shape index (κ3) is 4.61. The molecule has 1 aliphatic heterocycles. The summed E-state index contributed by atoms with van der Waals surface area (Å²) in [6, 6.07) is 1.98. The Kier molecular flexibility index (Phi) is 5.68. The molecule has 0 saturated carbocycles. The zero-order valence-corrected chi connectivity index (χ0v) is 13.8. The molecule has 1 aliphatic rings. The quantitative estimate of drug-likeness (QED) is 0.622. The summed E-state index contributed by atoms with van der Waals surface area (Å²) in [7, 11) is 0. The third-order valence-electron chi connectivity index (χ3n) is 4.15. The van der Waals surface area contributed by atoms with E-state index >= 15 is 0 Å². The summed E-state index contributed by atoms with van der Waals surface area (Å²) in [6.45, 7) is 2.29. The van der Waals surface area contributed by atoms with Gasteiger partial charge >= 0.3 is 6.18 Å². The number of anilines is 1. The fourth-order valence-corrected chi connectivity index (χ4v) is 2.65. The van der Waals surface area contributed by atoms with Gasteiger partial charge in [0.25, 0.3) is 5.69 Å². The Hall–Kier alpha value is -2.85. The van der Waals surface area contributed by atoms with Gasteiger partial charge in [-0.1, -0.05) is 0 Å². The molecular weight excluding hydrogens is 357 g/mol. The van der Waals surface area contributed by atoms with E-state index in [1.54, 1.807) is 4.90 Å². The summed E-state index contributed by atoms with van der Waals surface area (Å²) in [6.07, 6.45) is -3.85. The first-order chi connectivity index (χ1) is 12.1. The molecular formula is C15H17F3N4O4. The Balaban J connectivity index is 2.02. The molecule has 26 heavy (non-hydrogen) atoms. The molecule has 0 aromatic heterocycles. The van der Waals surface area contributed by atoms with Gasteiger partial charge in [-0.2, -0.15) is 13.2 Å². The number of rotatable bonds is 4. The molecule has 0 radical (unpaired) electrons. The molecule has 2 rings (SSSR count). The minimum absolute atomic E-state index is 0.0811. The topological polar surface area (TPSA) is 105 Å². The lowest BCUT2D eigenvalue weighted by molar-refractivity contribution is -0.384. The van der Waals surface area contributed by atoms with Crippen LogP contribution in [0.1, 0.15) is 25.3 Å². The number of carbonyl (C=O) groups excluding carboxylic acids is 2. The molecule has 0 bridgehead atoms. The van der Waals surface area contributed by atoms with Crippen molar-refractivity contribution in [2.75, 3.05) is 18.5 Å². The van der Waals surface area contributed by atoms with Crippen molar-refractivity contribution >= 4 is 23.2 Å². The summed E-state index contributed by atoms with van der Waals surface area (Å²) in [5, 5.41) is 11.0. The highest BCUT2D eigenvalue weighted by Gasteiger charge is 2.33. The molecule has 142 valence electrons. The van der Waals surface area contributed by atoms with Crippen LogP contribution in [0.25, 0.3) is 0 Å². The van der Waals surface area contributed by atoms with E-state index in [0.717, 1.165) is 6.07 Å². The highest BCUT2D eigenvalue weighted by Crippen LogP contribution is 2.34. The first kappa shape index (κ1) is 19.5. The molecule has 0 spiro atoms. The largest absolute Gasteiger partial charge is 0.416 e. The van der Waals surface area contributed by atoms with Crippen molar-refractivity contribution in [3.63, 3.8) is 0 Å². The first-order valence-electron chi connectivity index (χ1n) is 7.76. The Bertz CT molecular complexity index is 715. The van der Waals surface area contributed by atoms with Crippen molar-refractivity contribution < 1.29 is 27.7 Å². The van der Waals surface area contributed by atoms with Crippen LogP contribution in [0.3, 0.4) is 0 Å². The first-order valence-corrected chi connectivity index (χ1v) is 7.76. The number of hydrazine groups is 1. The molecule has 11 heteroatoms. The SMILES string of the molecule is CC(=O)N1CCC(C(=O)NNc2ccc(C(F)(F)F)cc2[N+](=O)[O-])CC1. The average molecular weight is 374 g/mol. The number of hydrogen-bond acceptors (Lipinski definition) is 5. The summed E-state index contributed by atoms with van der Waals surface area (Å²) in [5.74, 6) is -0.920. The number of alkyl halides is 3. The fraction of sp³-hybridized carbons (Fsp3) is 0.467. The Morgan fingerprint density at radius 3 is 2.38 bits per heavy atom. The number of nitro groups is 1. The number of halogens is 3. The normalized spacial score (nSPS) is 15.5. The van der Waals surface area contributed by atoms with Gasteiger partial charge in [-0.25, -0.2) is 0 Å². The van der Waals surface area contributed by atoms with Gasteiger partial charge in [-0.05, 0) is 25.0 Å². The maximum absolute atomic E-state index is 12.7. The fourth-order valence-electron chi connectivity index (χ4n) is 2.65. The van der Waals surface area contributed by atoms with Crippen LogP contribution < -0.4 is 10.9 Å². The van der Waals surface area contributed by atoms with E-state index in [0.29, 0.717) is 38.1 Å². The summed E-state index contributed by atoms with van der Waals surface area (Å²) >= 11 is 0. The molecule has 1 fully saturated rings. The second kappa shape index (κ2) is 7.58. The molecule has 1 aromatic rings. The lowest BCUT2D eigenvalue weighted by Gasteiger charge is -2.30. The van der Waals surface area contributed by atoms with Crippen LogP contribution in [0.5, 0.6) is 0 Å². The Morgan fingerprint density at radius 1 is 1.27 bits per heavy atom. The van der Waals surface area contributed by atoms with E-state index in [4.69, 9.17) is 0 Å². The van der Waals surface area contributed by atoms with E-state index in [1.807, 2.05) is 0 Å². The standard InChI is InChI=1S/C15H17F3N4O4/c1-9(23)21-6-4-10(5-7-21)14(24)20-19-12-3-2-11(15(16,17)18)8-13(12)22(25)26/h2-3,8,10,19H,4-7H2,1H3,(H,20,24). The van der Waals surface area contributed by atoms with Crippen LogP contribution in [-0.2, 0) is 15.8 Å². The van der Waals surface area contributed by atoms with Crippen LogP contribution in [0.15, 0.2) is 18.2 Å². The van der Waals surface area contributed by atoms with Gasteiger partial charge in [0.15, 0.2) is 0 Å². The molecule has 1 heterocycles. The van der Waals surface area contributed by atoms with Crippen molar-refractivity contribution in [3.8, 4) is 0 Å². The molecule has 2 N–H and O–H groups in total. The third-order valence-corrected chi connectivity index (χ3v) is 4.15. The van der Waals surface area contributed by atoms with Crippen LogP contribution in [0.2, 0.25) is 0 Å². The average Bonchev–Trinajstić information content (AvgIpc) is 2.58. The monoisotopic (exact) mass is 374 g/mol. The molecule has 0 atom stereocenters. The smallest absolute Gasteiger partial charge is 0.343 e. The van der Waals surface area contributed by atoms with Gasteiger partial charge < -0.3 is 4.90 Å². The van der Waals surface area contributed by atoms with Crippen LogP contribution in [0, 0.1) is 16.0 Å². The van der Waals surface area contributed by atoms with Gasteiger partial charge in [-0.15, -0.1) is 0 Å². The van der Waals surface area contributed by atoms with E-state index in [1.165, 1.54) is 6.92 Å². The maximum Gasteiger partial charge on any atom is 0.416 e. The Morgan fingerprint density at radius 2 is 1.88 bits per heavy atom. The van der Waals surface area contributed by atoms with E-state index in [9.17, 15) is 32.9 Å². The number of likely N-dealkylation sites (tertiary alicyclic amines) is 1. The molecule has 0 aliphatic carbocycles. The second-order valence-corrected chi connectivity index (χ2v) is 5.88. The summed E-state index contributed by atoms with van der Waals surface area (Å²) in [4.78, 5) is 35.0. The molecule has 2 amide bonds. The van der Waals surface area contributed by atoms with Crippen molar-refractivity contribution in [1.82, 2.24) is 10.3 Å². The zero-order chi connectivity index (χ0) is 19.5. The van der Waals surface area contributed by atoms with Crippen molar-refractivity contribution in [1.29, 1.82) is 0 Å². The summed E-state index contributed by atoms with van der Waals surface area (Å²) < 4.78 is 38.0. The zero-order valence-electron chi connectivity index (χ0n) is 13.8. The van der Waals surface area contributed by atoms with Crippen molar-refractivity contribution in [2.24, 2.45) is 5.92 Å². The molecule has 0 unspecified atom stereocenters. The number of nitrogens with one attached hydrogen (secondary N) is 2. The lowest BCUT2D eigenvalue weighted by atomic mass is 9.96. The number of nitro benzene ring substituents is 1. The van der Waals surface area contributed by atoms with Gasteiger partial charge in [0, 0.05) is 32.0 Å². The predicted molar refractivity (Wildman–Crippen MR) is 84.8 cm³/mol. The van der Waals surface area contributed by atoms with Gasteiger partial charge in [0.2, 0.25) is 11.8 Å². The number of nitrogens with zero attached hydrogens (tertiary/aromatic N) is 2.